The number of hydrogen-bond acceptors (Lipinski definition) is 2. The molecule has 4 nitrogen and oxygen atoms in total. The van der Waals surface area contributed by atoms with Crippen LogP contribution in [0.5, 0.6) is 0 Å². The summed E-state index contributed by atoms with van der Waals surface area (Å²) in [4.78, 5) is 12.4. The second-order valence-corrected chi connectivity index (χ2v) is 4.45. The van der Waals surface area contributed by atoms with Crippen molar-refractivity contribution in [1.29, 1.82) is 0 Å². The fraction of sp³-hybridized carbons (Fsp3) is 0.909. The van der Waals surface area contributed by atoms with Crippen molar-refractivity contribution in [3.8, 4) is 0 Å². The van der Waals surface area contributed by atoms with Crippen LogP contribution in [0, 0.1) is 5.92 Å². The highest BCUT2D eigenvalue weighted by Crippen LogP contribution is 2.19. The quantitative estimate of drug-likeness (QED) is 0.736. The average molecular weight is 213 g/mol. The van der Waals surface area contributed by atoms with Crippen molar-refractivity contribution in [2.45, 2.75) is 32.1 Å². The van der Waals surface area contributed by atoms with Crippen molar-refractivity contribution in [2.75, 3.05) is 26.7 Å². The van der Waals surface area contributed by atoms with Gasteiger partial charge in [-0.3, -0.25) is 0 Å². The lowest BCUT2D eigenvalue weighted by Crippen LogP contribution is -2.32. The maximum absolute atomic E-state index is 10.8. The Labute approximate surface area is 92.2 Å². The van der Waals surface area contributed by atoms with Crippen molar-refractivity contribution >= 4 is 6.03 Å². The number of amides is 2. The lowest BCUT2D eigenvalue weighted by atomic mass is 9.95. The van der Waals surface area contributed by atoms with E-state index in [1.165, 1.54) is 25.7 Å². The number of hydrogen-bond donors (Lipinski definition) is 2. The van der Waals surface area contributed by atoms with Gasteiger partial charge in [0.2, 0.25) is 0 Å². The molecule has 1 saturated heterocycles. The molecule has 0 aromatic heterocycles. The maximum Gasteiger partial charge on any atom is 0.314 e. The Morgan fingerprint density at radius 2 is 2.27 bits per heavy atom. The molecule has 1 fully saturated rings. The molecular weight excluding hydrogens is 190 g/mol. The standard InChI is InChI=1S/C11H23N3O/c1-14(11(12)15)9-3-5-10-4-2-7-13-8-6-10/h10,13H,2-9H2,1H3,(H2,12,15). The minimum absolute atomic E-state index is 0.322. The fourth-order valence-corrected chi connectivity index (χ4v) is 2.11. The molecular formula is C11H23N3O. The third kappa shape index (κ3) is 5.02. The molecule has 1 unspecified atom stereocenters. The average Bonchev–Trinajstić information content (AvgIpc) is 2.46. The molecule has 0 aromatic carbocycles. The second-order valence-electron chi connectivity index (χ2n) is 4.45. The highest BCUT2D eigenvalue weighted by molar-refractivity contribution is 5.71. The Morgan fingerprint density at radius 3 is 3.00 bits per heavy atom. The summed E-state index contributed by atoms with van der Waals surface area (Å²) in [7, 11) is 1.76. The number of carbonyl (C=O) groups is 1. The summed E-state index contributed by atoms with van der Waals surface area (Å²) < 4.78 is 0. The molecule has 0 radical (unpaired) electrons. The predicted octanol–water partition coefficient (Wildman–Crippen LogP) is 1.17. The first-order chi connectivity index (χ1) is 7.20. The van der Waals surface area contributed by atoms with E-state index in [0.717, 1.165) is 32.0 Å². The van der Waals surface area contributed by atoms with Crippen molar-refractivity contribution in [3.05, 3.63) is 0 Å². The summed E-state index contributed by atoms with van der Waals surface area (Å²) in [6.07, 6.45) is 6.19. The van der Waals surface area contributed by atoms with Crippen molar-refractivity contribution < 1.29 is 4.79 Å². The van der Waals surface area contributed by atoms with Gasteiger partial charge in [0.05, 0.1) is 0 Å². The Bertz CT molecular complexity index is 188. The van der Waals surface area contributed by atoms with Gasteiger partial charge in [0, 0.05) is 13.6 Å². The minimum atomic E-state index is -0.322. The lowest BCUT2D eigenvalue weighted by molar-refractivity contribution is 0.216. The smallest absolute Gasteiger partial charge is 0.314 e. The fourth-order valence-electron chi connectivity index (χ4n) is 2.11. The van der Waals surface area contributed by atoms with E-state index < -0.39 is 0 Å². The lowest BCUT2D eigenvalue weighted by Gasteiger charge is -2.17. The molecule has 0 saturated carbocycles. The van der Waals surface area contributed by atoms with Gasteiger partial charge in [-0.2, -0.15) is 0 Å². The van der Waals surface area contributed by atoms with Gasteiger partial charge in [0.25, 0.3) is 0 Å². The summed E-state index contributed by atoms with van der Waals surface area (Å²) in [5, 5.41) is 3.41. The number of rotatable bonds is 4. The normalized spacial score (nSPS) is 22.1. The molecule has 88 valence electrons. The van der Waals surface area contributed by atoms with E-state index in [1.807, 2.05) is 0 Å². The van der Waals surface area contributed by atoms with Crippen LogP contribution in [0.25, 0.3) is 0 Å². The highest BCUT2D eigenvalue weighted by atomic mass is 16.2. The Morgan fingerprint density at radius 1 is 1.47 bits per heavy atom. The second kappa shape index (κ2) is 6.67. The molecule has 1 heterocycles. The molecule has 0 bridgehead atoms. The SMILES string of the molecule is CN(CCCC1CCCNCC1)C(N)=O. The van der Waals surface area contributed by atoms with Gasteiger partial charge in [-0.1, -0.05) is 0 Å². The monoisotopic (exact) mass is 213 g/mol. The Kier molecular flexibility index (Phi) is 5.47. The Hall–Kier alpha value is -0.770. The zero-order valence-electron chi connectivity index (χ0n) is 9.67. The van der Waals surface area contributed by atoms with Crippen LogP contribution in [0.3, 0.4) is 0 Å². The molecule has 0 spiro atoms. The van der Waals surface area contributed by atoms with E-state index in [9.17, 15) is 4.79 Å². The van der Waals surface area contributed by atoms with Crippen LogP contribution in [-0.4, -0.2) is 37.6 Å². The third-order valence-corrected chi connectivity index (χ3v) is 3.18. The minimum Gasteiger partial charge on any atom is -0.351 e. The van der Waals surface area contributed by atoms with Crippen LogP contribution >= 0.6 is 0 Å². The van der Waals surface area contributed by atoms with Crippen LogP contribution in [0.4, 0.5) is 4.79 Å². The van der Waals surface area contributed by atoms with Crippen molar-refractivity contribution in [2.24, 2.45) is 11.7 Å². The first kappa shape index (κ1) is 12.3. The Balaban J connectivity index is 2.10. The van der Waals surface area contributed by atoms with Gasteiger partial charge < -0.3 is 16.0 Å². The van der Waals surface area contributed by atoms with Crippen LogP contribution in [-0.2, 0) is 0 Å². The number of nitrogens with one attached hydrogen (secondary N) is 1. The predicted molar refractivity (Wildman–Crippen MR) is 61.7 cm³/mol. The van der Waals surface area contributed by atoms with Gasteiger partial charge in [0.1, 0.15) is 0 Å². The van der Waals surface area contributed by atoms with Gasteiger partial charge >= 0.3 is 6.03 Å². The number of nitrogens with zero attached hydrogens (tertiary/aromatic N) is 1. The maximum atomic E-state index is 10.8. The zero-order valence-corrected chi connectivity index (χ0v) is 9.67. The van der Waals surface area contributed by atoms with E-state index >= 15 is 0 Å². The molecule has 15 heavy (non-hydrogen) atoms. The van der Waals surface area contributed by atoms with E-state index in [-0.39, 0.29) is 6.03 Å². The van der Waals surface area contributed by atoms with E-state index in [0.29, 0.717) is 0 Å². The number of nitrogens with two attached hydrogens (primary N) is 1. The van der Waals surface area contributed by atoms with Gasteiger partial charge in [-0.25, -0.2) is 4.79 Å². The van der Waals surface area contributed by atoms with Gasteiger partial charge in [-0.05, 0) is 51.1 Å². The molecule has 0 aromatic rings. The summed E-state index contributed by atoms with van der Waals surface area (Å²) >= 11 is 0. The third-order valence-electron chi connectivity index (χ3n) is 3.18. The van der Waals surface area contributed by atoms with Crippen LogP contribution in [0.2, 0.25) is 0 Å². The molecule has 2 amide bonds. The molecule has 1 rings (SSSR count). The summed E-state index contributed by atoms with van der Waals surface area (Å²) in [6.45, 7) is 3.10. The summed E-state index contributed by atoms with van der Waals surface area (Å²) in [5.74, 6) is 0.835. The molecule has 1 aliphatic rings. The van der Waals surface area contributed by atoms with E-state index in [1.54, 1.807) is 11.9 Å². The summed E-state index contributed by atoms with van der Waals surface area (Å²) in [5.41, 5.74) is 5.16. The van der Waals surface area contributed by atoms with Crippen molar-refractivity contribution in [1.82, 2.24) is 10.2 Å². The zero-order chi connectivity index (χ0) is 11.1. The van der Waals surface area contributed by atoms with Gasteiger partial charge in [-0.15, -0.1) is 0 Å². The topological polar surface area (TPSA) is 58.4 Å². The molecule has 4 heteroatoms. The van der Waals surface area contributed by atoms with Crippen LogP contribution in [0.1, 0.15) is 32.1 Å². The van der Waals surface area contributed by atoms with E-state index in [2.05, 4.69) is 5.32 Å². The molecule has 1 aliphatic heterocycles. The van der Waals surface area contributed by atoms with Crippen molar-refractivity contribution in [3.63, 3.8) is 0 Å². The van der Waals surface area contributed by atoms with Gasteiger partial charge in [0.15, 0.2) is 0 Å². The van der Waals surface area contributed by atoms with Crippen LogP contribution in [0.15, 0.2) is 0 Å². The first-order valence-corrected chi connectivity index (χ1v) is 5.91. The largest absolute Gasteiger partial charge is 0.351 e. The molecule has 3 N–H and O–H groups in total. The van der Waals surface area contributed by atoms with Crippen LogP contribution < -0.4 is 11.1 Å². The summed E-state index contributed by atoms with van der Waals surface area (Å²) in [6, 6.07) is -0.322. The molecule has 1 atom stereocenters. The van der Waals surface area contributed by atoms with E-state index in [4.69, 9.17) is 5.73 Å². The number of primary amides is 1. The highest BCUT2D eigenvalue weighted by Gasteiger charge is 2.12. The number of carbonyl (C=O) groups excluding carboxylic acids is 1. The first-order valence-electron chi connectivity index (χ1n) is 5.91. The molecule has 0 aliphatic carbocycles. The number of urea groups is 1.